The highest BCUT2D eigenvalue weighted by Crippen LogP contribution is 2.22. The van der Waals surface area contributed by atoms with Crippen molar-refractivity contribution >= 4 is 15.9 Å². The van der Waals surface area contributed by atoms with Crippen molar-refractivity contribution in [1.29, 1.82) is 0 Å². The first-order chi connectivity index (χ1) is 8.24. The van der Waals surface area contributed by atoms with Gasteiger partial charge in [0.1, 0.15) is 0 Å². The largest absolute Gasteiger partial charge is 0.491 e. The molecule has 1 aromatic heterocycles. The van der Waals surface area contributed by atoms with Gasteiger partial charge in [-0.1, -0.05) is 22.0 Å². The average molecular weight is 297 g/mol. The van der Waals surface area contributed by atoms with Gasteiger partial charge in [-0.05, 0) is 19.1 Å². The fraction of sp³-hybridized carbons (Fsp3) is 0.250. The molecule has 5 heteroatoms. The number of benzene rings is 1. The zero-order valence-corrected chi connectivity index (χ0v) is 11.0. The van der Waals surface area contributed by atoms with Gasteiger partial charge in [-0.25, -0.2) is 4.68 Å². The standard InChI is InChI=1S/C12H13BrN2O2/c1-2-17-11-6-14-15(7-11)12-5-10(13)4-3-9(12)8-16/h3-7,16H,2,8H2,1H3. The van der Waals surface area contributed by atoms with Gasteiger partial charge in [0.2, 0.25) is 0 Å². The minimum Gasteiger partial charge on any atom is -0.491 e. The molecule has 0 aliphatic heterocycles. The third-order valence-electron chi connectivity index (χ3n) is 2.33. The minimum atomic E-state index is -0.0214. The highest BCUT2D eigenvalue weighted by atomic mass is 79.9. The molecule has 1 N–H and O–H groups in total. The topological polar surface area (TPSA) is 47.3 Å². The number of hydrogen-bond donors (Lipinski definition) is 1. The molecule has 0 unspecified atom stereocenters. The fourth-order valence-electron chi connectivity index (χ4n) is 1.56. The Morgan fingerprint density at radius 1 is 1.47 bits per heavy atom. The van der Waals surface area contributed by atoms with E-state index in [1.807, 2.05) is 25.1 Å². The lowest BCUT2D eigenvalue weighted by atomic mass is 10.2. The first kappa shape index (κ1) is 12.1. The number of rotatable bonds is 4. The minimum absolute atomic E-state index is 0.0214. The first-order valence-electron chi connectivity index (χ1n) is 5.31. The van der Waals surface area contributed by atoms with E-state index in [9.17, 15) is 5.11 Å². The summed E-state index contributed by atoms with van der Waals surface area (Å²) in [7, 11) is 0. The van der Waals surface area contributed by atoms with Crippen molar-refractivity contribution in [2.75, 3.05) is 6.61 Å². The Kier molecular flexibility index (Phi) is 3.81. The smallest absolute Gasteiger partial charge is 0.157 e. The molecule has 0 saturated heterocycles. The molecule has 0 radical (unpaired) electrons. The molecule has 0 fully saturated rings. The molecule has 17 heavy (non-hydrogen) atoms. The molecule has 90 valence electrons. The third kappa shape index (κ3) is 2.68. The molecule has 0 amide bonds. The van der Waals surface area contributed by atoms with Gasteiger partial charge in [0.25, 0.3) is 0 Å². The molecule has 1 heterocycles. The van der Waals surface area contributed by atoms with Crippen LogP contribution in [0.15, 0.2) is 35.1 Å². The third-order valence-corrected chi connectivity index (χ3v) is 2.83. The Morgan fingerprint density at radius 3 is 3.00 bits per heavy atom. The fourth-order valence-corrected chi connectivity index (χ4v) is 1.91. The molecule has 0 bridgehead atoms. The molecule has 0 atom stereocenters. The van der Waals surface area contributed by atoms with Crippen molar-refractivity contribution < 1.29 is 9.84 Å². The van der Waals surface area contributed by atoms with Crippen LogP contribution in [-0.4, -0.2) is 21.5 Å². The number of nitrogens with zero attached hydrogens (tertiary/aromatic N) is 2. The van der Waals surface area contributed by atoms with E-state index >= 15 is 0 Å². The number of aliphatic hydroxyl groups excluding tert-OH is 1. The van der Waals surface area contributed by atoms with Crippen LogP contribution in [0.3, 0.4) is 0 Å². The van der Waals surface area contributed by atoms with E-state index in [0.29, 0.717) is 6.61 Å². The Balaban J connectivity index is 2.40. The van der Waals surface area contributed by atoms with Gasteiger partial charge in [-0.15, -0.1) is 0 Å². The van der Waals surface area contributed by atoms with E-state index in [4.69, 9.17) is 4.74 Å². The first-order valence-corrected chi connectivity index (χ1v) is 6.11. The molecular weight excluding hydrogens is 284 g/mol. The maximum Gasteiger partial charge on any atom is 0.157 e. The highest BCUT2D eigenvalue weighted by Gasteiger charge is 2.07. The van der Waals surface area contributed by atoms with Gasteiger partial charge in [0, 0.05) is 10.0 Å². The van der Waals surface area contributed by atoms with Crippen molar-refractivity contribution in [3.8, 4) is 11.4 Å². The second kappa shape index (κ2) is 5.33. The second-order valence-electron chi connectivity index (χ2n) is 3.48. The van der Waals surface area contributed by atoms with Crippen molar-refractivity contribution in [2.24, 2.45) is 0 Å². The summed E-state index contributed by atoms with van der Waals surface area (Å²) in [6.45, 7) is 2.51. The molecule has 0 saturated carbocycles. The van der Waals surface area contributed by atoms with E-state index in [1.54, 1.807) is 17.1 Å². The van der Waals surface area contributed by atoms with Crippen LogP contribution in [0, 0.1) is 0 Å². The van der Waals surface area contributed by atoms with Crippen LogP contribution in [-0.2, 0) is 6.61 Å². The predicted octanol–water partition coefficient (Wildman–Crippen LogP) is 2.53. The summed E-state index contributed by atoms with van der Waals surface area (Å²) in [6, 6.07) is 5.66. The molecule has 0 aliphatic carbocycles. The summed E-state index contributed by atoms with van der Waals surface area (Å²) >= 11 is 3.41. The summed E-state index contributed by atoms with van der Waals surface area (Å²) in [5.41, 5.74) is 1.66. The monoisotopic (exact) mass is 296 g/mol. The van der Waals surface area contributed by atoms with Gasteiger partial charge in [-0.3, -0.25) is 0 Å². The Labute approximate surface area is 108 Å². The van der Waals surface area contributed by atoms with Gasteiger partial charge in [0.15, 0.2) is 5.75 Å². The Bertz CT molecular complexity index is 511. The Hall–Kier alpha value is -1.33. The van der Waals surface area contributed by atoms with E-state index in [1.165, 1.54) is 0 Å². The van der Waals surface area contributed by atoms with E-state index in [-0.39, 0.29) is 6.61 Å². The van der Waals surface area contributed by atoms with Crippen molar-refractivity contribution in [2.45, 2.75) is 13.5 Å². The van der Waals surface area contributed by atoms with Gasteiger partial charge >= 0.3 is 0 Å². The number of aromatic nitrogens is 2. The normalized spacial score (nSPS) is 10.5. The van der Waals surface area contributed by atoms with Crippen LogP contribution in [0.1, 0.15) is 12.5 Å². The summed E-state index contributed by atoms with van der Waals surface area (Å²) < 4.78 is 7.99. The molecule has 0 aliphatic rings. The molecule has 4 nitrogen and oxygen atoms in total. The second-order valence-corrected chi connectivity index (χ2v) is 4.40. The lowest BCUT2D eigenvalue weighted by Gasteiger charge is -2.07. The predicted molar refractivity (Wildman–Crippen MR) is 68.4 cm³/mol. The lowest BCUT2D eigenvalue weighted by Crippen LogP contribution is -2.00. The maximum absolute atomic E-state index is 9.29. The molecule has 1 aromatic carbocycles. The maximum atomic E-state index is 9.29. The number of hydrogen-bond acceptors (Lipinski definition) is 3. The van der Waals surface area contributed by atoms with Crippen LogP contribution in [0.25, 0.3) is 5.69 Å². The van der Waals surface area contributed by atoms with Crippen LogP contribution >= 0.6 is 15.9 Å². The SMILES string of the molecule is CCOc1cnn(-c2cc(Br)ccc2CO)c1. The highest BCUT2D eigenvalue weighted by molar-refractivity contribution is 9.10. The molecular formula is C12H13BrN2O2. The van der Waals surface area contributed by atoms with Crippen LogP contribution in [0.4, 0.5) is 0 Å². The van der Waals surface area contributed by atoms with E-state index in [0.717, 1.165) is 21.5 Å². The number of halogens is 1. The summed E-state index contributed by atoms with van der Waals surface area (Å²) in [5, 5.41) is 13.5. The zero-order valence-electron chi connectivity index (χ0n) is 9.43. The Morgan fingerprint density at radius 2 is 2.29 bits per heavy atom. The molecule has 0 spiro atoms. The average Bonchev–Trinajstić information content (AvgIpc) is 2.78. The quantitative estimate of drug-likeness (QED) is 0.943. The van der Waals surface area contributed by atoms with Gasteiger partial charge < -0.3 is 9.84 Å². The van der Waals surface area contributed by atoms with Gasteiger partial charge in [0.05, 0.1) is 31.3 Å². The van der Waals surface area contributed by atoms with E-state index in [2.05, 4.69) is 21.0 Å². The van der Waals surface area contributed by atoms with Crippen LogP contribution < -0.4 is 4.74 Å². The number of ether oxygens (including phenoxy) is 1. The van der Waals surface area contributed by atoms with Gasteiger partial charge in [-0.2, -0.15) is 5.10 Å². The van der Waals surface area contributed by atoms with Crippen molar-refractivity contribution in [3.05, 3.63) is 40.6 Å². The molecule has 2 rings (SSSR count). The van der Waals surface area contributed by atoms with E-state index < -0.39 is 0 Å². The van der Waals surface area contributed by atoms with Crippen molar-refractivity contribution in [3.63, 3.8) is 0 Å². The summed E-state index contributed by atoms with van der Waals surface area (Å²) in [5.74, 6) is 0.719. The summed E-state index contributed by atoms with van der Waals surface area (Å²) in [4.78, 5) is 0. The number of aliphatic hydroxyl groups is 1. The van der Waals surface area contributed by atoms with Crippen molar-refractivity contribution in [1.82, 2.24) is 9.78 Å². The lowest BCUT2D eigenvalue weighted by molar-refractivity contribution is 0.281. The summed E-state index contributed by atoms with van der Waals surface area (Å²) in [6.07, 6.45) is 3.45. The van der Waals surface area contributed by atoms with Crippen LogP contribution in [0.2, 0.25) is 0 Å². The zero-order chi connectivity index (χ0) is 12.3. The van der Waals surface area contributed by atoms with Crippen LogP contribution in [0.5, 0.6) is 5.75 Å². The molecule has 2 aromatic rings.